The van der Waals surface area contributed by atoms with Gasteiger partial charge in [-0.3, -0.25) is 9.59 Å². The van der Waals surface area contributed by atoms with Gasteiger partial charge in [0.05, 0.1) is 6.42 Å². The van der Waals surface area contributed by atoms with Crippen LogP contribution in [0, 0.1) is 0 Å². The van der Waals surface area contributed by atoms with E-state index in [0.29, 0.717) is 11.0 Å². The highest BCUT2D eigenvalue weighted by Gasteiger charge is 2.23. The van der Waals surface area contributed by atoms with E-state index >= 15 is 0 Å². The molecule has 9 nitrogen and oxygen atoms in total. The molecule has 0 radical (unpaired) electrons. The van der Waals surface area contributed by atoms with Crippen molar-refractivity contribution < 1.29 is 24.6 Å². The topological polar surface area (TPSA) is 145 Å². The molecule has 2 rings (SSSR count). The SMILES string of the molecule is O=C(O)C[C@@H](NC(=O)c1ccc2n[nH]nc2c1)C(=O)O. The molecule has 1 amide bonds. The van der Waals surface area contributed by atoms with Gasteiger partial charge in [0.1, 0.15) is 17.1 Å². The van der Waals surface area contributed by atoms with E-state index in [2.05, 4.69) is 20.7 Å². The zero-order valence-corrected chi connectivity index (χ0v) is 10.0. The number of hydrogen-bond acceptors (Lipinski definition) is 5. The molecule has 9 heteroatoms. The maximum atomic E-state index is 11.9. The second-order valence-electron chi connectivity index (χ2n) is 3.99. The number of nitrogens with zero attached hydrogens (tertiary/aromatic N) is 2. The quantitative estimate of drug-likeness (QED) is 0.582. The number of amides is 1. The van der Waals surface area contributed by atoms with E-state index in [9.17, 15) is 14.4 Å². The Balaban J connectivity index is 2.17. The summed E-state index contributed by atoms with van der Waals surface area (Å²) in [5, 5.41) is 29.6. The van der Waals surface area contributed by atoms with Gasteiger partial charge < -0.3 is 15.5 Å². The first-order chi connectivity index (χ1) is 9.47. The third-order valence-electron chi connectivity index (χ3n) is 2.56. The van der Waals surface area contributed by atoms with Crippen LogP contribution in [0.2, 0.25) is 0 Å². The Morgan fingerprint density at radius 1 is 1.20 bits per heavy atom. The van der Waals surface area contributed by atoms with Crippen molar-refractivity contribution in [3.05, 3.63) is 23.8 Å². The first kappa shape index (κ1) is 13.5. The Labute approximate surface area is 111 Å². The van der Waals surface area contributed by atoms with E-state index in [1.165, 1.54) is 12.1 Å². The average Bonchev–Trinajstić information content (AvgIpc) is 2.84. The van der Waals surface area contributed by atoms with E-state index in [1.54, 1.807) is 6.07 Å². The smallest absolute Gasteiger partial charge is 0.326 e. The number of nitrogens with one attached hydrogen (secondary N) is 2. The van der Waals surface area contributed by atoms with Crippen molar-refractivity contribution in [2.45, 2.75) is 12.5 Å². The largest absolute Gasteiger partial charge is 0.481 e. The predicted octanol–water partition coefficient (Wildman–Crippen LogP) is -0.384. The highest BCUT2D eigenvalue weighted by atomic mass is 16.4. The predicted molar refractivity (Wildman–Crippen MR) is 65.0 cm³/mol. The van der Waals surface area contributed by atoms with E-state index in [0.717, 1.165) is 0 Å². The van der Waals surface area contributed by atoms with Crippen molar-refractivity contribution in [2.24, 2.45) is 0 Å². The minimum atomic E-state index is -1.49. The van der Waals surface area contributed by atoms with Crippen LogP contribution in [0.1, 0.15) is 16.8 Å². The van der Waals surface area contributed by atoms with Crippen LogP contribution in [0.4, 0.5) is 0 Å². The lowest BCUT2D eigenvalue weighted by Gasteiger charge is -2.12. The Morgan fingerprint density at radius 2 is 1.90 bits per heavy atom. The molecular weight excluding hydrogens is 268 g/mol. The molecule has 1 heterocycles. The molecule has 0 aliphatic carbocycles. The van der Waals surface area contributed by atoms with E-state index in [1.807, 2.05) is 0 Å². The summed E-state index contributed by atoms with van der Waals surface area (Å²) in [6.45, 7) is 0. The third kappa shape index (κ3) is 2.88. The number of aliphatic carboxylic acids is 2. The van der Waals surface area contributed by atoms with Crippen molar-refractivity contribution >= 4 is 28.9 Å². The average molecular weight is 278 g/mol. The molecule has 0 aliphatic rings. The van der Waals surface area contributed by atoms with Crippen LogP contribution in [0.15, 0.2) is 18.2 Å². The molecular formula is C11H10N4O5. The molecule has 0 saturated heterocycles. The number of hydrogen-bond donors (Lipinski definition) is 4. The van der Waals surface area contributed by atoms with Gasteiger partial charge in [-0.25, -0.2) is 4.79 Å². The summed E-state index contributed by atoms with van der Waals surface area (Å²) in [6, 6.07) is 2.92. The molecule has 2 aromatic rings. The van der Waals surface area contributed by atoms with Gasteiger partial charge in [-0.1, -0.05) is 0 Å². The summed E-state index contributed by atoms with van der Waals surface area (Å²) in [7, 11) is 0. The Bertz CT molecular complexity index is 680. The van der Waals surface area contributed by atoms with Crippen LogP contribution < -0.4 is 5.32 Å². The second kappa shape index (κ2) is 5.34. The number of carbonyl (C=O) groups excluding carboxylic acids is 1. The maximum Gasteiger partial charge on any atom is 0.326 e. The number of fused-ring (bicyclic) bond motifs is 1. The molecule has 0 bridgehead atoms. The zero-order valence-electron chi connectivity index (χ0n) is 10.0. The van der Waals surface area contributed by atoms with Crippen molar-refractivity contribution in [3.8, 4) is 0 Å². The van der Waals surface area contributed by atoms with Crippen LogP contribution in [0.3, 0.4) is 0 Å². The minimum absolute atomic E-state index is 0.169. The van der Waals surface area contributed by atoms with Crippen molar-refractivity contribution in [2.75, 3.05) is 0 Å². The molecule has 1 atom stereocenters. The lowest BCUT2D eigenvalue weighted by Crippen LogP contribution is -2.42. The van der Waals surface area contributed by atoms with Crippen LogP contribution in [0.5, 0.6) is 0 Å². The van der Waals surface area contributed by atoms with Crippen molar-refractivity contribution in [1.29, 1.82) is 0 Å². The monoisotopic (exact) mass is 278 g/mol. The van der Waals surface area contributed by atoms with Crippen molar-refractivity contribution in [3.63, 3.8) is 0 Å². The summed E-state index contributed by atoms with van der Waals surface area (Å²) < 4.78 is 0. The van der Waals surface area contributed by atoms with Gasteiger partial charge in [0, 0.05) is 5.56 Å². The number of carbonyl (C=O) groups is 3. The molecule has 0 aliphatic heterocycles. The van der Waals surface area contributed by atoms with Gasteiger partial charge in [0.25, 0.3) is 5.91 Å². The number of H-pyrrole nitrogens is 1. The molecule has 1 aromatic heterocycles. The van der Waals surface area contributed by atoms with Gasteiger partial charge in [-0.05, 0) is 18.2 Å². The Hall–Kier alpha value is -2.97. The zero-order chi connectivity index (χ0) is 14.7. The van der Waals surface area contributed by atoms with Gasteiger partial charge in [-0.2, -0.15) is 15.4 Å². The highest BCUT2D eigenvalue weighted by Crippen LogP contribution is 2.10. The molecule has 0 fully saturated rings. The summed E-state index contributed by atoms with van der Waals surface area (Å²) in [6.07, 6.45) is -0.701. The highest BCUT2D eigenvalue weighted by molar-refractivity contribution is 5.99. The molecule has 0 spiro atoms. The number of rotatable bonds is 5. The summed E-state index contributed by atoms with van der Waals surface area (Å²) >= 11 is 0. The fourth-order valence-corrected chi connectivity index (χ4v) is 1.60. The number of benzene rings is 1. The molecule has 0 saturated carbocycles. The van der Waals surface area contributed by atoms with Gasteiger partial charge >= 0.3 is 11.9 Å². The van der Waals surface area contributed by atoms with Gasteiger partial charge in [0.2, 0.25) is 0 Å². The molecule has 0 unspecified atom stereocenters. The minimum Gasteiger partial charge on any atom is -0.481 e. The standard InChI is InChI=1S/C11H10N4O5/c16-9(17)4-8(11(19)20)12-10(18)5-1-2-6-7(3-5)14-15-13-6/h1-3,8H,4H2,(H,12,18)(H,16,17)(H,19,20)(H,13,14,15)/t8-/m1/s1. The Morgan fingerprint density at radius 3 is 2.55 bits per heavy atom. The molecule has 1 aromatic carbocycles. The first-order valence-corrected chi connectivity index (χ1v) is 5.53. The summed E-state index contributed by atoms with van der Waals surface area (Å²) in [4.78, 5) is 33.3. The number of carboxylic acid groups (broad SMARTS) is 2. The fraction of sp³-hybridized carbons (Fsp3) is 0.182. The lowest BCUT2D eigenvalue weighted by atomic mass is 10.1. The van der Waals surface area contributed by atoms with Crippen LogP contribution in [-0.2, 0) is 9.59 Å². The van der Waals surface area contributed by atoms with Crippen LogP contribution >= 0.6 is 0 Å². The van der Waals surface area contributed by atoms with E-state index < -0.39 is 30.3 Å². The summed E-state index contributed by atoms with van der Waals surface area (Å²) in [5.41, 5.74) is 1.17. The number of aromatic nitrogens is 3. The van der Waals surface area contributed by atoms with Crippen LogP contribution in [-0.4, -0.2) is 49.5 Å². The maximum absolute atomic E-state index is 11.9. The third-order valence-corrected chi connectivity index (χ3v) is 2.56. The molecule has 4 N–H and O–H groups in total. The lowest BCUT2D eigenvalue weighted by molar-refractivity contribution is -0.145. The molecule has 104 valence electrons. The van der Waals surface area contributed by atoms with E-state index in [4.69, 9.17) is 10.2 Å². The van der Waals surface area contributed by atoms with E-state index in [-0.39, 0.29) is 5.56 Å². The fourth-order valence-electron chi connectivity index (χ4n) is 1.60. The Kier molecular flexibility index (Phi) is 3.60. The van der Waals surface area contributed by atoms with Gasteiger partial charge in [0.15, 0.2) is 0 Å². The van der Waals surface area contributed by atoms with Gasteiger partial charge in [-0.15, -0.1) is 0 Å². The normalized spacial score (nSPS) is 12.0. The first-order valence-electron chi connectivity index (χ1n) is 5.53. The van der Waals surface area contributed by atoms with Crippen molar-refractivity contribution in [1.82, 2.24) is 20.7 Å². The number of aromatic amines is 1. The van der Waals surface area contributed by atoms with Crippen LogP contribution in [0.25, 0.3) is 11.0 Å². The summed E-state index contributed by atoms with van der Waals surface area (Å²) in [5.74, 6) is -3.42. The second-order valence-corrected chi connectivity index (χ2v) is 3.99. The number of carboxylic acids is 2. The molecule has 20 heavy (non-hydrogen) atoms.